The fourth-order valence-electron chi connectivity index (χ4n) is 2.86. The molecule has 1 aromatic heterocycles. The molecular formula is C15H22N4O3. The molecule has 1 unspecified atom stereocenters. The van der Waals surface area contributed by atoms with Crippen LogP contribution in [-0.2, 0) is 0 Å². The van der Waals surface area contributed by atoms with Gasteiger partial charge in [-0.1, -0.05) is 12.8 Å². The zero-order chi connectivity index (χ0) is 15.4. The van der Waals surface area contributed by atoms with Gasteiger partial charge in [0.05, 0.1) is 24.1 Å². The van der Waals surface area contributed by atoms with Crippen LogP contribution in [0.25, 0.3) is 11.0 Å². The Morgan fingerprint density at radius 3 is 2.59 bits per heavy atom. The van der Waals surface area contributed by atoms with Crippen LogP contribution in [0.2, 0.25) is 0 Å². The van der Waals surface area contributed by atoms with Gasteiger partial charge in [0.1, 0.15) is 0 Å². The number of aliphatic hydroxyl groups is 2. The second kappa shape index (κ2) is 6.93. The van der Waals surface area contributed by atoms with Crippen molar-refractivity contribution in [1.82, 2.24) is 10.3 Å². The molecule has 2 aromatic rings. The molecule has 0 spiro atoms. The molecule has 1 fully saturated rings. The van der Waals surface area contributed by atoms with Crippen molar-refractivity contribution in [3.63, 3.8) is 0 Å². The van der Waals surface area contributed by atoms with Crippen molar-refractivity contribution in [3.8, 4) is 0 Å². The number of hydrogen-bond acceptors (Lipinski definition) is 7. The minimum atomic E-state index is -0.805. The number of anilines is 2. The molecule has 0 saturated carbocycles. The van der Waals surface area contributed by atoms with Gasteiger partial charge in [-0.15, -0.1) is 0 Å². The lowest BCUT2D eigenvalue weighted by molar-refractivity contribution is 0.105. The topological polar surface area (TPSA) is 94.7 Å². The van der Waals surface area contributed by atoms with Crippen LogP contribution in [0.3, 0.4) is 0 Å². The van der Waals surface area contributed by atoms with Gasteiger partial charge >= 0.3 is 0 Å². The van der Waals surface area contributed by atoms with E-state index in [4.69, 9.17) is 9.74 Å². The van der Waals surface area contributed by atoms with Crippen molar-refractivity contribution in [2.24, 2.45) is 0 Å². The molecule has 3 rings (SSSR count). The maximum atomic E-state index is 9.45. The van der Waals surface area contributed by atoms with E-state index in [1.54, 1.807) is 0 Å². The zero-order valence-electron chi connectivity index (χ0n) is 12.5. The zero-order valence-corrected chi connectivity index (χ0v) is 12.5. The molecule has 1 atom stereocenters. The number of aromatic nitrogens is 2. The number of benzene rings is 1. The number of hydrogen-bond donors (Lipinski definition) is 3. The first-order valence-corrected chi connectivity index (χ1v) is 7.82. The third kappa shape index (κ3) is 3.15. The van der Waals surface area contributed by atoms with Crippen LogP contribution < -0.4 is 10.2 Å². The van der Waals surface area contributed by atoms with Crippen LogP contribution in [0.5, 0.6) is 0 Å². The highest BCUT2D eigenvalue weighted by Crippen LogP contribution is 2.31. The fraction of sp³-hybridized carbons (Fsp3) is 0.600. The standard InChI is InChI=1S/C15H22N4O3/c20-10-11(21)9-16-12-5-6-13(15-14(12)17-22-18-15)19-7-3-1-2-4-8-19/h5-6,11,16,20-21H,1-4,7-10H2. The third-order valence-corrected chi connectivity index (χ3v) is 4.08. The van der Waals surface area contributed by atoms with Crippen molar-refractivity contribution in [3.05, 3.63) is 12.1 Å². The van der Waals surface area contributed by atoms with Crippen LogP contribution in [0, 0.1) is 0 Å². The van der Waals surface area contributed by atoms with Crippen molar-refractivity contribution in [2.45, 2.75) is 31.8 Å². The number of fused-ring (bicyclic) bond motifs is 1. The van der Waals surface area contributed by atoms with Gasteiger partial charge in [-0.2, -0.15) is 0 Å². The predicted octanol–water partition coefficient (Wildman–Crippen LogP) is 1.37. The maximum absolute atomic E-state index is 9.45. The molecule has 120 valence electrons. The number of nitrogens with one attached hydrogen (secondary N) is 1. The van der Waals surface area contributed by atoms with E-state index in [2.05, 4.69) is 20.5 Å². The Balaban J connectivity index is 1.85. The van der Waals surface area contributed by atoms with Gasteiger partial charge in [0.15, 0.2) is 11.0 Å². The summed E-state index contributed by atoms with van der Waals surface area (Å²) in [6, 6.07) is 3.95. The molecule has 1 aliphatic rings. The third-order valence-electron chi connectivity index (χ3n) is 4.08. The van der Waals surface area contributed by atoms with Crippen molar-refractivity contribution >= 4 is 22.4 Å². The number of nitrogens with zero attached hydrogens (tertiary/aromatic N) is 3. The van der Waals surface area contributed by atoms with E-state index >= 15 is 0 Å². The lowest BCUT2D eigenvalue weighted by atomic mass is 10.2. The number of aliphatic hydroxyl groups excluding tert-OH is 2. The van der Waals surface area contributed by atoms with Crippen LogP contribution in [0.15, 0.2) is 16.8 Å². The molecule has 1 aromatic carbocycles. The molecule has 0 amide bonds. The number of rotatable bonds is 5. The van der Waals surface area contributed by atoms with E-state index in [0.717, 1.165) is 30.0 Å². The summed E-state index contributed by atoms with van der Waals surface area (Å²) >= 11 is 0. The Bertz CT molecular complexity index is 608. The smallest absolute Gasteiger partial charge is 0.160 e. The Labute approximate surface area is 128 Å². The molecule has 3 N–H and O–H groups in total. The molecule has 0 bridgehead atoms. The molecular weight excluding hydrogens is 284 g/mol. The first-order valence-electron chi connectivity index (χ1n) is 7.82. The first kappa shape index (κ1) is 15.1. The normalized spacial score (nSPS) is 17.5. The summed E-state index contributed by atoms with van der Waals surface area (Å²) in [5, 5.41) is 29.4. The van der Waals surface area contributed by atoms with E-state index in [9.17, 15) is 5.11 Å². The highest BCUT2D eigenvalue weighted by atomic mass is 16.6. The van der Waals surface area contributed by atoms with Gasteiger partial charge in [-0.3, -0.25) is 0 Å². The maximum Gasteiger partial charge on any atom is 0.160 e. The highest BCUT2D eigenvalue weighted by molar-refractivity contribution is 5.96. The molecule has 7 nitrogen and oxygen atoms in total. The Morgan fingerprint density at radius 1 is 1.14 bits per heavy atom. The average molecular weight is 306 g/mol. The SMILES string of the molecule is OCC(O)CNc1ccc(N2CCCCCC2)c2nonc12. The molecule has 1 aliphatic heterocycles. The van der Waals surface area contributed by atoms with Gasteiger partial charge in [-0.05, 0) is 35.3 Å². The largest absolute Gasteiger partial charge is 0.394 e. The second-order valence-corrected chi connectivity index (χ2v) is 5.71. The van der Waals surface area contributed by atoms with Gasteiger partial charge in [0, 0.05) is 19.6 Å². The lowest BCUT2D eigenvalue weighted by Crippen LogP contribution is -2.25. The van der Waals surface area contributed by atoms with Crippen molar-refractivity contribution < 1.29 is 14.8 Å². The minimum absolute atomic E-state index is 0.252. The summed E-state index contributed by atoms with van der Waals surface area (Å²) in [5.74, 6) is 0. The quantitative estimate of drug-likeness (QED) is 0.768. The molecule has 22 heavy (non-hydrogen) atoms. The van der Waals surface area contributed by atoms with E-state index in [1.165, 1.54) is 25.7 Å². The predicted molar refractivity (Wildman–Crippen MR) is 84.1 cm³/mol. The van der Waals surface area contributed by atoms with Gasteiger partial charge in [0.2, 0.25) is 0 Å². The van der Waals surface area contributed by atoms with Crippen LogP contribution >= 0.6 is 0 Å². The summed E-state index contributed by atoms with van der Waals surface area (Å²) in [7, 11) is 0. The van der Waals surface area contributed by atoms with Gasteiger partial charge in [0.25, 0.3) is 0 Å². The minimum Gasteiger partial charge on any atom is -0.394 e. The van der Waals surface area contributed by atoms with Gasteiger partial charge < -0.3 is 20.4 Å². The van der Waals surface area contributed by atoms with Crippen LogP contribution in [0.4, 0.5) is 11.4 Å². The van der Waals surface area contributed by atoms with Crippen LogP contribution in [0.1, 0.15) is 25.7 Å². The summed E-state index contributed by atoms with van der Waals surface area (Å²) < 4.78 is 4.92. The fourth-order valence-corrected chi connectivity index (χ4v) is 2.86. The van der Waals surface area contributed by atoms with Crippen molar-refractivity contribution in [1.29, 1.82) is 0 Å². The Morgan fingerprint density at radius 2 is 1.86 bits per heavy atom. The molecule has 0 radical (unpaired) electrons. The van der Waals surface area contributed by atoms with Gasteiger partial charge in [-0.25, -0.2) is 4.63 Å². The van der Waals surface area contributed by atoms with E-state index < -0.39 is 6.10 Å². The van der Waals surface area contributed by atoms with Crippen LogP contribution in [-0.4, -0.2) is 52.9 Å². The summed E-state index contributed by atoms with van der Waals surface area (Å²) in [6.07, 6.45) is 4.12. The van der Waals surface area contributed by atoms with E-state index in [1.807, 2.05) is 12.1 Å². The Kier molecular flexibility index (Phi) is 4.74. The molecule has 1 saturated heterocycles. The van der Waals surface area contributed by atoms with Crippen molar-refractivity contribution in [2.75, 3.05) is 36.5 Å². The summed E-state index contributed by atoms with van der Waals surface area (Å²) in [6.45, 7) is 2.02. The molecule has 0 aliphatic carbocycles. The van der Waals surface area contributed by atoms with E-state index in [-0.39, 0.29) is 13.2 Å². The first-order chi connectivity index (χ1) is 10.8. The second-order valence-electron chi connectivity index (χ2n) is 5.71. The lowest BCUT2D eigenvalue weighted by Gasteiger charge is -2.23. The Hall–Kier alpha value is -1.86. The highest BCUT2D eigenvalue weighted by Gasteiger charge is 2.18. The average Bonchev–Trinajstić information content (AvgIpc) is 2.88. The molecule has 7 heteroatoms. The monoisotopic (exact) mass is 306 g/mol. The summed E-state index contributed by atoms with van der Waals surface area (Å²) in [4.78, 5) is 2.34. The van der Waals surface area contributed by atoms with E-state index in [0.29, 0.717) is 5.52 Å². The molecule has 2 heterocycles. The summed E-state index contributed by atoms with van der Waals surface area (Å²) in [5.41, 5.74) is 3.20.